The number of hydrogen-bond acceptors (Lipinski definition) is 4. The molecule has 0 aliphatic carbocycles. The van der Waals surface area contributed by atoms with Gasteiger partial charge in [-0.25, -0.2) is 13.1 Å². The number of nitrogens with zero attached hydrogens (tertiary/aromatic N) is 1. The zero-order chi connectivity index (χ0) is 13.1. The van der Waals surface area contributed by atoms with Crippen molar-refractivity contribution in [3.05, 3.63) is 11.4 Å². The molecule has 17 heavy (non-hydrogen) atoms. The molecule has 0 fully saturated rings. The first-order chi connectivity index (χ1) is 7.84. The van der Waals surface area contributed by atoms with E-state index in [1.807, 2.05) is 0 Å². The number of sulfonamides is 1. The number of H-pyrrole nitrogens is 1. The summed E-state index contributed by atoms with van der Waals surface area (Å²) in [4.78, 5) is 10.6. The van der Waals surface area contributed by atoms with Crippen molar-refractivity contribution >= 4 is 26.9 Å². The highest BCUT2D eigenvalue weighted by atomic mass is 35.5. The molecule has 1 rings (SSSR count). The molecule has 0 aliphatic rings. The fourth-order valence-electron chi connectivity index (χ4n) is 1.44. The van der Waals surface area contributed by atoms with E-state index in [1.165, 1.54) is 0 Å². The highest BCUT2D eigenvalue weighted by Crippen LogP contribution is 2.16. The lowest BCUT2D eigenvalue weighted by atomic mass is 10.3. The van der Waals surface area contributed by atoms with Gasteiger partial charge in [0, 0.05) is 13.0 Å². The summed E-state index contributed by atoms with van der Waals surface area (Å²) < 4.78 is 26.2. The third-order valence-electron chi connectivity index (χ3n) is 2.17. The van der Waals surface area contributed by atoms with Crippen LogP contribution in [0.1, 0.15) is 24.2 Å². The second-order valence-electron chi connectivity index (χ2n) is 3.62. The Hall–Kier alpha value is -0.920. The lowest BCUT2D eigenvalue weighted by molar-refractivity contribution is -0.111. The van der Waals surface area contributed by atoms with E-state index in [2.05, 4.69) is 14.9 Å². The molecule has 2 N–H and O–H groups in total. The maximum Gasteiger partial charge on any atom is 0.244 e. The smallest absolute Gasteiger partial charge is 0.244 e. The van der Waals surface area contributed by atoms with E-state index in [0.717, 1.165) is 0 Å². The van der Waals surface area contributed by atoms with Crippen LogP contribution in [0.25, 0.3) is 0 Å². The van der Waals surface area contributed by atoms with Crippen molar-refractivity contribution in [1.29, 1.82) is 0 Å². The zero-order valence-corrected chi connectivity index (χ0v) is 11.2. The van der Waals surface area contributed by atoms with Gasteiger partial charge in [-0.3, -0.25) is 9.89 Å². The van der Waals surface area contributed by atoms with Crippen molar-refractivity contribution < 1.29 is 13.2 Å². The molecule has 0 spiro atoms. The lowest BCUT2D eigenvalue weighted by Gasteiger charge is -2.05. The van der Waals surface area contributed by atoms with Crippen LogP contribution in [0.5, 0.6) is 0 Å². The first-order valence-corrected chi connectivity index (χ1v) is 6.90. The Balaban J connectivity index is 2.67. The molecule has 0 aliphatic heterocycles. The van der Waals surface area contributed by atoms with Gasteiger partial charge in [-0.05, 0) is 31.9 Å². The van der Waals surface area contributed by atoms with Gasteiger partial charge in [-0.1, -0.05) is 0 Å². The van der Waals surface area contributed by atoms with Crippen molar-refractivity contribution in [2.45, 2.75) is 31.6 Å². The Labute approximate surface area is 105 Å². The standard InChI is InChI=1S/C9H14ClN3O3S/c1-6-9(7(2)13-12-6)17(15,16)11-5-3-4-8(10)14/h11H,3-5H2,1-2H3,(H,12,13). The number of aromatic amines is 1. The van der Waals surface area contributed by atoms with Crippen LogP contribution in [0, 0.1) is 13.8 Å². The van der Waals surface area contributed by atoms with Crippen LogP contribution in [0.15, 0.2) is 4.90 Å². The van der Waals surface area contributed by atoms with Crippen LogP contribution in [-0.2, 0) is 14.8 Å². The molecule has 0 unspecified atom stereocenters. The van der Waals surface area contributed by atoms with Crippen molar-refractivity contribution in [2.75, 3.05) is 6.54 Å². The predicted octanol–water partition coefficient (Wildman–Crippen LogP) is 0.850. The fourth-order valence-corrected chi connectivity index (χ4v) is 3.02. The number of carbonyl (C=O) groups is 1. The summed E-state index contributed by atoms with van der Waals surface area (Å²) in [7, 11) is -3.57. The normalized spacial score (nSPS) is 11.7. The van der Waals surface area contributed by atoms with Gasteiger partial charge in [-0.2, -0.15) is 5.10 Å². The molecular formula is C9H14ClN3O3S. The van der Waals surface area contributed by atoms with E-state index in [1.54, 1.807) is 13.8 Å². The summed E-state index contributed by atoms with van der Waals surface area (Å²) >= 11 is 5.15. The molecule has 0 bridgehead atoms. The van der Waals surface area contributed by atoms with Gasteiger partial charge >= 0.3 is 0 Å². The Morgan fingerprint density at radius 1 is 1.47 bits per heavy atom. The van der Waals surface area contributed by atoms with Gasteiger partial charge in [0.1, 0.15) is 4.90 Å². The molecule has 0 saturated heterocycles. The zero-order valence-electron chi connectivity index (χ0n) is 9.58. The van der Waals surface area contributed by atoms with Gasteiger partial charge in [-0.15, -0.1) is 0 Å². The van der Waals surface area contributed by atoms with Crippen molar-refractivity contribution in [3.8, 4) is 0 Å². The quantitative estimate of drug-likeness (QED) is 0.596. The Morgan fingerprint density at radius 2 is 2.12 bits per heavy atom. The molecule has 1 aromatic heterocycles. The molecule has 8 heteroatoms. The van der Waals surface area contributed by atoms with Gasteiger partial charge < -0.3 is 0 Å². The SMILES string of the molecule is Cc1n[nH]c(C)c1S(=O)(=O)NCCCC(=O)Cl. The van der Waals surface area contributed by atoms with Crippen LogP contribution in [0.4, 0.5) is 0 Å². The average molecular weight is 280 g/mol. The topological polar surface area (TPSA) is 91.9 Å². The number of halogens is 1. The first-order valence-electron chi connectivity index (χ1n) is 5.04. The molecule has 0 amide bonds. The molecule has 0 atom stereocenters. The highest BCUT2D eigenvalue weighted by molar-refractivity contribution is 7.89. The molecule has 0 saturated carbocycles. The number of hydrogen-bond donors (Lipinski definition) is 2. The van der Waals surface area contributed by atoms with Crippen molar-refractivity contribution in [1.82, 2.24) is 14.9 Å². The third-order valence-corrected chi connectivity index (χ3v) is 4.08. The molecule has 1 heterocycles. The van der Waals surface area contributed by atoms with Crippen molar-refractivity contribution in [3.63, 3.8) is 0 Å². The van der Waals surface area contributed by atoms with Crippen LogP contribution in [0.2, 0.25) is 0 Å². The monoisotopic (exact) mass is 279 g/mol. The molecule has 0 radical (unpaired) electrons. The van der Waals surface area contributed by atoms with Crippen LogP contribution in [-0.4, -0.2) is 30.4 Å². The summed E-state index contributed by atoms with van der Waals surface area (Å²) in [6, 6.07) is 0. The summed E-state index contributed by atoms with van der Waals surface area (Å²) in [6.45, 7) is 3.42. The lowest BCUT2D eigenvalue weighted by Crippen LogP contribution is -2.26. The Bertz CT molecular complexity index is 490. The van der Waals surface area contributed by atoms with E-state index in [0.29, 0.717) is 17.8 Å². The first kappa shape index (κ1) is 14.1. The number of carbonyl (C=O) groups excluding carboxylic acids is 1. The molecule has 0 aromatic carbocycles. The molecular weight excluding hydrogens is 266 g/mol. The largest absolute Gasteiger partial charge is 0.281 e. The fraction of sp³-hybridized carbons (Fsp3) is 0.556. The van der Waals surface area contributed by atoms with Crippen LogP contribution in [0.3, 0.4) is 0 Å². The molecule has 96 valence electrons. The minimum absolute atomic E-state index is 0.146. The number of aryl methyl sites for hydroxylation is 2. The highest BCUT2D eigenvalue weighted by Gasteiger charge is 2.21. The second kappa shape index (κ2) is 5.61. The van der Waals surface area contributed by atoms with Gasteiger partial charge in [0.25, 0.3) is 0 Å². The van der Waals surface area contributed by atoms with E-state index in [-0.39, 0.29) is 17.9 Å². The maximum atomic E-state index is 11.9. The Morgan fingerprint density at radius 3 is 2.59 bits per heavy atom. The summed E-state index contributed by atoms with van der Waals surface area (Å²) in [5.41, 5.74) is 0.909. The van der Waals surface area contributed by atoms with E-state index >= 15 is 0 Å². The van der Waals surface area contributed by atoms with Gasteiger partial charge in [0.05, 0.1) is 11.4 Å². The summed E-state index contributed by atoms with van der Waals surface area (Å²) in [5.74, 6) is 0. The summed E-state index contributed by atoms with van der Waals surface area (Å²) in [6.07, 6.45) is 0.519. The van der Waals surface area contributed by atoms with Gasteiger partial charge in [0.2, 0.25) is 15.3 Å². The maximum absolute atomic E-state index is 11.9. The minimum atomic E-state index is -3.57. The van der Waals surface area contributed by atoms with Gasteiger partial charge in [0.15, 0.2) is 0 Å². The Kier molecular flexibility index (Phi) is 4.67. The third kappa shape index (κ3) is 3.79. The number of nitrogens with one attached hydrogen (secondary N) is 2. The number of rotatable bonds is 6. The molecule has 1 aromatic rings. The minimum Gasteiger partial charge on any atom is -0.281 e. The molecule has 6 nitrogen and oxygen atoms in total. The van der Waals surface area contributed by atoms with Crippen LogP contribution >= 0.6 is 11.6 Å². The van der Waals surface area contributed by atoms with Crippen LogP contribution < -0.4 is 4.72 Å². The average Bonchev–Trinajstić information content (AvgIpc) is 2.53. The van der Waals surface area contributed by atoms with E-state index < -0.39 is 15.3 Å². The predicted molar refractivity (Wildman–Crippen MR) is 63.3 cm³/mol. The summed E-state index contributed by atoms with van der Waals surface area (Å²) in [5, 5.41) is 5.95. The number of aromatic nitrogens is 2. The van der Waals surface area contributed by atoms with Crippen molar-refractivity contribution in [2.24, 2.45) is 0 Å². The van der Waals surface area contributed by atoms with E-state index in [9.17, 15) is 13.2 Å². The second-order valence-corrected chi connectivity index (χ2v) is 5.74. The van der Waals surface area contributed by atoms with E-state index in [4.69, 9.17) is 11.6 Å².